The van der Waals surface area contributed by atoms with E-state index in [1.807, 2.05) is 60.0 Å². The van der Waals surface area contributed by atoms with E-state index in [1.165, 1.54) is 0 Å². The number of nitrogens with zero attached hydrogens (tertiary/aromatic N) is 4. The molecule has 31 heavy (non-hydrogen) atoms. The Hall–Kier alpha value is -2.87. The molecular formula is C23H32N4O4. The fourth-order valence-electron chi connectivity index (χ4n) is 4.11. The van der Waals surface area contributed by atoms with Gasteiger partial charge in [-0.15, -0.1) is 0 Å². The molecule has 2 heterocycles. The standard InChI is InChI=1S/C23H32N4O4/c1-5-31-23(29)26-13-11-19(12-14-26)27(16-20-15-17(2)24-25(20)3)22(28)21(30-4)18-9-7-6-8-10-18/h6-10,15,19,21H,5,11-14,16H2,1-4H3/t21-/m0/s1. The predicted molar refractivity (Wildman–Crippen MR) is 116 cm³/mol. The molecule has 1 aliphatic rings. The largest absolute Gasteiger partial charge is 0.450 e. The number of ether oxygens (including phenoxy) is 2. The molecule has 1 aromatic carbocycles. The molecule has 2 aromatic rings. The quantitative estimate of drug-likeness (QED) is 0.677. The van der Waals surface area contributed by atoms with E-state index in [0.29, 0.717) is 39.1 Å². The van der Waals surface area contributed by atoms with E-state index in [2.05, 4.69) is 5.10 Å². The number of aromatic nitrogens is 2. The van der Waals surface area contributed by atoms with Crippen LogP contribution in [0.4, 0.5) is 4.79 Å². The lowest BCUT2D eigenvalue weighted by Crippen LogP contribution is -2.50. The Morgan fingerprint density at radius 1 is 1.23 bits per heavy atom. The summed E-state index contributed by atoms with van der Waals surface area (Å²) < 4.78 is 12.6. The highest BCUT2D eigenvalue weighted by atomic mass is 16.6. The van der Waals surface area contributed by atoms with E-state index in [4.69, 9.17) is 9.47 Å². The highest BCUT2D eigenvalue weighted by Crippen LogP contribution is 2.26. The minimum absolute atomic E-state index is 0.00487. The van der Waals surface area contributed by atoms with E-state index < -0.39 is 6.10 Å². The van der Waals surface area contributed by atoms with Crippen molar-refractivity contribution in [2.75, 3.05) is 26.8 Å². The second-order valence-electron chi connectivity index (χ2n) is 7.81. The molecule has 8 nitrogen and oxygen atoms in total. The van der Waals surface area contributed by atoms with E-state index in [0.717, 1.165) is 17.0 Å². The zero-order valence-corrected chi connectivity index (χ0v) is 18.8. The summed E-state index contributed by atoms with van der Waals surface area (Å²) in [6, 6.07) is 11.5. The molecule has 1 aliphatic heterocycles. The fraction of sp³-hybridized carbons (Fsp3) is 0.522. The molecule has 0 aliphatic carbocycles. The highest BCUT2D eigenvalue weighted by molar-refractivity contribution is 5.82. The van der Waals surface area contributed by atoms with Crippen LogP contribution >= 0.6 is 0 Å². The summed E-state index contributed by atoms with van der Waals surface area (Å²) in [5, 5.41) is 4.43. The average molecular weight is 429 g/mol. The summed E-state index contributed by atoms with van der Waals surface area (Å²) in [7, 11) is 3.45. The van der Waals surface area contributed by atoms with Gasteiger partial charge in [-0.1, -0.05) is 30.3 Å². The van der Waals surface area contributed by atoms with Crippen molar-refractivity contribution in [3.8, 4) is 0 Å². The Morgan fingerprint density at radius 3 is 2.45 bits per heavy atom. The van der Waals surface area contributed by atoms with E-state index in [9.17, 15) is 9.59 Å². The number of amides is 2. The van der Waals surface area contributed by atoms with Crippen LogP contribution in [0.15, 0.2) is 36.4 Å². The molecule has 0 spiro atoms. The molecule has 8 heteroatoms. The number of hydrogen-bond acceptors (Lipinski definition) is 5. The first-order valence-corrected chi connectivity index (χ1v) is 10.7. The van der Waals surface area contributed by atoms with Gasteiger partial charge in [-0.25, -0.2) is 4.79 Å². The first-order valence-electron chi connectivity index (χ1n) is 10.7. The number of hydrogen-bond donors (Lipinski definition) is 0. The van der Waals surface area contributed by atoms with Crippen molar-refractivity contribution >= 4 is 12.0 Å². The number of carbonyl (C=O) groups excluding carboxylic acids is 2. The zero-order chi connectivity index (χ0) is 22.4. The average Bonchev–Trinajstić information content (AvgIpc) is 3.10. The fourth-order valence-corrected chi connectivity index (χ4v) is 4.11. The van der Waals surface area contributed by atoms with Crippen LogP contribution in [-0.4, -0.2) is 64.4 Å². The highest BCUT2D eigenvalue weighted by Gasteiger charge is 2.34. The Balaban J connectivity index is 1.82. The number of likely N-dealkylation sites (tertiary alicyclic amines) is 1. The van der Waals surface area contributed by atoms with Crippen molar-refractivity contribution in [2.45, 2.75) is 45.4 Å². The lowest BCUT2D eigenvalue weighted by molar-refractivity contribution is -0.146. The van der Waals surface area contributed by atoms with Gasteiger partial charge in [0.1, 0.15) is 0 Å². The molecule has 1 aromatic heterocycles. The van der Waals surface area contributed by atoms with Crippen molar-refractivity contribution in [3.05, 3.63) is 53.3 Å². The second kappa shape index (κ2) is 10.4. The van der Waals surface area contributed by atoms with Gasteiger partial charge in [0.15, 0.2) is 6.10 Å². The van der Waals surface area contributed by atoms with Gasteiger partial charge in [0.05, 0.1) is 24.5 Å². The molecule has 2 amide bonds. The predicted octanol–water partition coefficient (Wildman–Crippen LogP) is 3.07. The molecule has 168 valence electrons. The molecule has 1 atom stereocenters. The number of carbonyl (C=O) groups is 2. The van der Waals surface area contributed by atoms with Crippen molar-refractivity contribution < 1.29 is 19.1 Å². The minimum atomic E-state index is -0.682. The Morgan fingerprint density at radius 2 is 1.90 bits per heavy atom. The Kier molecular flexibility index (Phi) is 7.68. The van der Waals surface area contributed by atoms with Crippen LogP contribution in [0, 0.1) is 6.92 Å². The topological polar surface area (TPSA) is 76.9 Å². The molecule has 0 saturated carbocycles. The summed E-state index contributed by atoms with van der Waals surface area (Å²) >= 11 is 0. The van der Waals surface area contributed by atoms with Crippen LogP contribution < -0.4 is 0 Å². The molecule has 0 radical (unpaired) electrons. The summed E-state index contributed by atoms with van der Waals surface area (Å²) in [6.07, 6.45) is 0.401. The molecular weight excluding hydrogens is 396 g/mol. The SMILES string of the molecule is CCOC(=O)N1CCC(N(Cc2cc(C)nn2C)C(=O)[C@@H](OC)c2ccccc2)CC1. The number of piperidine rings is 1. The van der Waals surface area contributed by atoms with Gasteiger partial charge in [0.25, 0.3) is 5.91 Å². The van der Waals surface area contributed by atoms with Gasteiger partial charge in [0.2, 0.25) is 0 Å². The molecule has 0 bridgehead atoms. The van der Waals surface area contributed by atoms with Crippen molar-refractivity contribution in [2.24, 2.45) is 7.05 Å². The van der Waals surface area contributed by atoms with Crippen LogP contribution in [0.1, 0.15) is 42.8 Å². The number of benzene rings is 1. The maximum atomic E-state index is 13.7. The van der Waals surface area contributed by atoms with Gasteiger partial charge >= 0.3 is 6.09 Å². The number of rotatable bonds is 7. The number of aryl methyl sites for hydroxylation is 2. The van der Waals surface area contributed by atoms with Crippen LogP contribution in [0.3, 0.4) is 0 Å². The van der Waals surface area contributed by atoms with E-state index in [-0.39, 0.29) is 18.0 Å². The maximum Gasteiger partial charge on any atom is 0.409 e. The van der Waals surface area contributed by atoms with Crippen molar-refractivity contribution in [3.63, 3.8) is 0 Å². The summed E-state index contributed by atoms with van der Waals surface area (Å²) in [5.41, 5.74) is 2.69. The normalized spacial score (nSPS) is 15.5. The third kappa shape index (κ3) is 5.44. The Labute approximate surface area is 183 Å². The number of methoxy groups -OCH3 is 1. The lowest BCUT2D eigenvalue weighted by atomic mass is 10.0. The third-order valence-corrected chi connectivity index (χ3v) is 5.71. The van der Waals surface area contributed by atoms with Gasteiger partial charge in [-0.2, -0.15) is 5.10 Å². The summed E-state index contributed by atoms with van der Waals surface area (Å²) in [5.74, 6) is -0.0814. The smallest absolute Gasteiger partial charge is 0.409 e. The van der Waals surface area contributed by atoms with Crippen molar-refractivity contribution in [1.29, 1.82) is 0 Å². The van der Waals surface area contributed by atoms with Crippen LogP contribution in [-0.2, 0) is 27.9 Å². The molecule has 1 fully saturated rings. The van der Waals surface area contributed by atoms with E-state index in [1.54, 1.807) is 18.9 Å². The van der Waals surface area contributed by atoms with Crippen molar-refractivity contribution in [1.82, 2.24) is 19.6 Å². The zero-order valence-electron chi connectivity index (χ0n) is 18.8. The van der Waals surface area contributed by atoms with Gasteiger partial charge in [-0.3, -0.25) is 9.48 Å². The van der Waals surface area contributed by atoms with Gasteiger partial charge < -0.3 is 19.3 Å². The second-order valence-corrected chi connectivity index (χ2v) is 7.81. The van der Waals surface area contributed by atoms with Crippen LogP contribution in [0.5, 0.6) is 0 Å². The third-order valence-electron chi connectivity index (χ3n) is 5.71. The first kappa shape index (κ1) is 22.8. The van der Waals surface area contributed by atoms with Gasteiger partial charge in [-0.05, 0) is 38.3 Å². The summed E-state index contributed by atoms with van der Waals surface area (Å²) in [6.45, 7) is 5.65. The van der Waals surface area contributed by atoms with E-state index >= 15 is 0 Å². The monoisotopic (exact) mass is 428 g/mol. The molecule has 0 unspecified atom stereocenters. The molecule has 0 N–H and O–H groups in total. The lowest BCUT2D eigenvalue weighted by Gasteiger charge is -2.39. The van der Waals surface area contributed by atoms with Crippen LogP contribution in [0.25, 0.3) is 0 Å². The van der Waals surface area contributed by atoms with Gasteiger partial charge in [0, 0.05) is 33.3 Å². The first-order chi connectivity index (χ1) is 14.9. The minimum Gasteiger partial charge on any atom is -0.450 e. The Bertz CT molecular complexity index is 875. The summed E-state index contributed by atoms with van der Waals surface area (Å²) in [4.78, 5) is 29.4. The molecule has 3 rings (SSSR count). The molecule has 1 saturated heterocycles. The maximum absolute atomic E-state index is 13.7. The van der Waals surface area contributed by atoms with Crippen LogP contribution in [0.2, 0.25) is 0 Å².